The summed E-state index contributed by atoms with van der Waals surface area (Å²) in [5.41, 5.74) is 5.02. The Morgan fingerprint density at radius 1 is 1.12 bits per heavy atom. The van der Waals surface area contributed by atoms with E-state index in [-0.39, 0.29) is 0 Å². The van der Waals surface area contributed by atoms with Crippen molar-refractivity contribution in [3.63, 3.8) is 0 Å². The van der Waals surface area contributed by atoms with E-state index in [2.05, 4.69) is 15.8 Å². The third-order valence-corrected chi connectivity index (χ3v) is 4.42. The molecule has 2 aromatic carbocycles. The van der Waals surface area contributed by atoms with Crippen molar-refractivity contribution in [2.45, 2.75) is 13.5 Å². The Kier molecular flexibility index (Phi) is 4.78. The highest BCUT2D eigenvalue weighted by atomic mass is 32.2. The van der Waals surface area contributed by atoms with E-state index in [0.717, 1.165) is 38.9 Å². The van der Waals surface area contributed by atoms with Gasteiger partial charge in [0.1, 0.15) is 5.75 Å². The molecule has 0 aliphatic carbocycles. The van der Waals surface area contributed by atoms with Crippen LogP contribution in [-0.4, -0.2) is 20.5 Å². The number of hydrogen-bond acceptors (Lipinski definition) is 4. The molecule has 3 aromatic rings. The number of aryl methyl sites for hydroxylation is 1. The summed E-state index contributed by atoms with van der Waals surface area (Å²) in [4.78, 5) is 4.41. The predicted molar refractivity (Wildman–Crippen MR) is 95.6 cm³/mol. The van der Waals surface area contributed by atoms with Crippen LogP contribution in [0.25, 0.3) is 22.0 Å². The van der Waals surface area contributed by atoms with Crippen LogP contribution in [-0.2, 0) is 17.4 Å². The molecule has 5 nitrogen and oxygen atoms in total. The lowest BCUT2D eigenvalue weighted by molar-refractivity contribution is 0.415. The molecule has 1 heterocycles. The standard InChI is InChI=1S/C18H18N2O3S/c1-12-9-13(3-4-14(12)11-20-24(21)22)16-7-8-19-18-10-15(23-2)5-6-17(16)18/h3-10,24H,11H2,1-2H3,(H,20,21,22). The van der Waals surface area contributed by atoms with Crippen LogP contribution in [0, 0.1) is 6.92 Å². The summed E-state index contributed by atoms with van der Waals surface area (Å²) in [6, 6.07) is 13.8. The predicted octanol–water partition coefficient (Wildman–Crippen LogP) is 2.83. The van der Waals surface area contributed by atoms with Crippen molar-refractivity contribution in [1.29, 1.82) is 0 Å². The number of benzene rings is 2. The van der Waals surface area contributed by atoms with E-state index in [1.807, 2.05) is 43.3 Å². The van der Waals surface area contributed by atoms with Gasteiger partial charge in [0, 0.05) is 24.2 Å². The molecule has 0 spiro atoms. The summed E-state index contributed by atoms with van der Waals surface area (Å²) in [5.74, 6) is 0.775. The summed E-state index contributed by atoms with van der Waals surface area (Å²) in [6.07, 6.45) is 1.78. The zero-order valence-electron chi connectivity index (χ0n) is 13.4. The van der Waals surface area contributed by atoms with Gasteiger partial charge < -0.3 is 4.74 Å². The Hall–Kier alpha value is -2.44. The normalized spacial score (nSPS) is 11.1. The monoisotopic (exact) mass is 342 g/mol. The molecule has 24 heavy (non-hydrogen) atoms. The smallest absolute Gasteiger partial charge is 0.201 e. The highest BCUT2D eigenvalue weighted by Crippen LogP contribution is 2.30. The fourth-order valence-electron chi connectivity index (χ4n) is 2.72. The van der Waals surface area contributed by atoms with Crippen LogP contribution in [0.3, 0.4) is 0 Å². The van der Waals surface area contributed by atoms with Crippen molar-refractivity contribution >= 4 is 21.8 Å². The molecule has 0 saturated carbocycles. The van der Waals surface area contributed by atoms with E-state index in [9.17, 15) is 8.42 Å². The second-order valence-corrected chi connectivity index (χ2v) is 6.31. The first-order valence-electron chi connectivity index (χ1n) is 7.49. The Bertz CT molecular complexity index is 960. The van der Waals surface area contributed by atoms with Crippen molar-refractivity contribution in [2.75, 3.05) is 7.11 Å². The molecule has 0 aliphatic heterocycles. The molecule has 0 unspecified atom stereocenters. The van der Waals surface area contributed by atoms with Gasteiger partial charge in [-0.1, -0.05) is 18.2 Å². The van der Waals surface area contributed by atoms with Gasteiger partial charge >= 0.3 is 0 Å². The molecule has 1 N–H and O–H groups in total. The zero-order chi connectivity index (χ0) is 17.1. The van der Waals surface area contributed by atoms with Crippen LogP contribution in [0.5, 0.6) is 5.75 Å². The molecule has 6 heteroatoms. The van der Waals surface area contributed by atoms with Crippen molar-refractivity contribution in [2.24, 2.45) is 0 Å². The van der Waals surface area contributed by atoms with Crippen molar-refractivity contribution in [1.82, 2.24) is 9.71 Å². The van der Waals surface area contributed by atoms with Gasteiger partial charge in [-0.25, -0.2) is 13.1 Å². The highest BCUT2D eigenvalue weighted by Gasteiger charge is 2.08. The summed E-state index contributed by atoms with van der Waals surface area (Å²) in [7, 11) is -0.951. The fourth-order valence-corrected chi connectivity index (χ4v) is 3.02. The maximum atomic E-state index is 10.7. The summed E-state index contributed by atoms with van der Waals surface area (Å²) < 4.78 is 29.0. The quantitative estimate of drug-likeness (QED) is 0.700. The first-order valence-corrected chi connectivity index (χ1v) is 8.67. The number of aromatic nitrogens is 1. The molecular weight excluding hydrogens is 324 g/mol. The van der Waals surface area contributed by atoms with Crippen LogP contribution in [0.2, 0.25) is 0 Å². The van der Waals surface area contributed by atoms with Crippen molar-refractivity contribution in [3.8, 4) is 16.9 Å². The second-order valence-electron chi connectivity index (χ2n) is 5.47. The van der Waals surface area contributed by atoms with Crippen molar-refractivity contribution in [3.05, 3.63) is 59.8 Å². The molecule has 0 amide bonds. The Balaban J connectivity index is 2.02. The third kappa shape index (κ3) is 3.39. The molecule has 0 fully saturated rings. The highest BCUT2D eigenvalue weighted by molar-refractivity contribution is 7.70. The van der Waals surface area contributed by atoms with Gasteiger partial charge in [-0.15, -0.1) is 0 Å². The summed E-state index contributed by atoms with van der Waals surface area (Å²) in [5, 5.41) is 1.05. The molecule has 3 rings (SSSR count). The number of hydrogen-bond donors (Lipinski definition) is 2. The Labute approximate surface area is 142 Å². The average Bonchev–Trinajstić information content (AvgIpc) is 2.59. The molecule has 0 radical (unpaired) electrons. The molecule has 124 valence electrons. The lowest BCUT2D eigenvalue weighted by Gasteiger charge is -2.11. The lowest BCUT2D eigenvalue weighted by atomic mass is 9.97. The SMILES string of the molecule is COc1ccc2c(-c3ccc(CN[SH](=O)=O)c(C)c3)ccnc2c1. The van der Waals surface area contributed by atoms with Gasteiger partial charge in [-0.2, -0.15) is 0 Å². The van der Waals surface area contributed by atoms with Crippen LogP contribution in [0.1, 0.15) is 11.1 Å². The minimum Gasteiger partial charge on any atom is -0.497 e. The van der Waals surface area contributed by atoms with Crippen LogP contribution in [0.15, 0.2) is 48.7 Å². The molecule has 0 aliphatic rings. The van der Waals surface area contributed by atoms with Crippen molar-refractivity contribution < 1.29 is 13.2 Å². The summed E-state index contributed by atoms with van der Waals surface area (Å²) in [6.45, 7) is 2.28. The first-order chi connectivity index (χ1) is 11.6. The maximum Gasteiger partial charge on any atom is 0.201 e. The average molecular weight is 342 g/mol. The third-order valence-electron chi connectivity index (χ3n) is 4.00. The number of methoxy groups -OCH3 is 1. The van der Waals surface area contributed by atoms with Gasteiger partial charge in [0.2, 0.25) is 10.9 Å². The zero-order valence-corrected chi connectivity index (χ0v) is 14.3. The van der Waals surface area contributed by atoms with Gasteiger partial charge in [0.05, 0.1) is 12.6 Å². The second kappa shape index (κ2) is 6.98. The minimum absolute atomic E-state index is 0.305. The molecule has 0 atom stereocenters. The number of ether oxygens (including phenoxy) is 1. The number of pyridine rings is 1. The van der Waals surface area contributed by atoms with E-state index in [4.69, 9.17) is 4.74 Å². The molecule has 0 saturated heterocycles. The van der Waals surface area contributed by atoms with E-state index >= 15 is 0 Å². The number of rotatable bonds is 5. The first kappa shape index (κ1) is 16.4. The van der Waals surface area contributed by atoms with E-state index < -0.39 is 10.9 Å². The van der Waals surface area contributed by atoms with E-state index in [1.165, 1.54) is 0 Å². The maximum absolute atomic E-state index is 10.7. The fraction of sp³-hybridized carbons (Fsp3) is 0.167. The Morgan fingerprint density at radius 2 is 1.96 bits per heavy atom. The van der Waals surface area contributed by atoms with E-state index in [0.29, 0.717) is 6.54 Å². The largest absolute Gasteiger partial charge is 0.497 e. The van der Waals surface area contributed by atoms with Gasteiger partial charge in [0.15, 0.2) is 0 Å². The number of fused-ring (bicyclic) bond motifs is 1. The van der Waals surface area contributed by atoms with Crippen LogP contribution in [0.4, 0.5) is 0 Å². The van der Waals surface area contributed by atoms with Gasteiger partial charge in [-0.05, 0) is 47.4 Å². The minimum atomic E-state index is -2.59. The van der Waals surface area contributed by atoms with Crippen LogP contribution >= 0.6 is 0 Å². The summed E-state index contributed by atoms with van der Waals surface area (Å²) >= 11 is 0. The van der Waals surface area contributed by atoms with Crippen LogP contribution < -0.4 is 9.46 Å². The topological polar surface area (TPSA) is 68.3 Å². The number of nitrogens with zero attached hydrogens (tertiary/aromatic N) is 1. The lowest BCUT2D eigenvalue weighted by Crippen LogP contribution is -2.11. The molecule has 1 aromatic heterocycles. The molecule has 0 bridgehead atoms. The Morgan fingerprint density at radius 3 is 2.67 bits per heavy atom. The van der Waals surface area contributed by atoms with Gasteiger partial charge in [0.25, 0.3) is 0 Å². The van der Waals surface area contributed by atoms with Gasteiger partial charge in [-0.3, -0.25) is 4.98 Å². The number of nitrogens with one attached hydrogen (secondary N) is 1. The molecular formula is C18H18N2O3S. The number of thiol groups is 1. The van der Waals surface area contributed by atoms with E-state index in [1.54, 1.807) is 13.3 Å².